The molecule has 0 fully saturated rings. The lowest BCUT2D eigenvalue weighted by atomic mass is 10.0. The Hall–Kier alpha value is -1.55. The van der Waals surface area contributed by atoms with Gasteiger partial charge in [0.05, 0.1) is 11.1 Å². The van der Waals surface area contributed by atoms with E-state index >= 15 is 0 Å². The molecule has 1 aromatic carbocycles. The van der Waals surface area contributed by atoms with Gasteiger partial charge in [0.2, 0.25) is 0 Å². The zero-order valence-corrected chi connectivity index (χ0v) is 15.5. The van der Waals surface area contributed by atoms with E-state index in [4.69, 9.17) is 12.2 Å². The highest BCUT2D eigenvalue weighted by molar-refractivity contribution is 7.80. The molecule has 26 heavy (non-hydrogen) atoms. The first-order valence-electron chi connectivity index (χ1n) is 7.72. The van der Waals surface area contributed by atoms with E-state index < -0.39 is 23.5 Å². The van der Waals surface area contributed by atoms with E-state index in [1.807, 2.05) is 32.8 Å². The zero-order valence-electron chi connectivity index (χ0n) is 14.7. The number of thiocarbonyl (C=S) groups is 1. The van der Waals surface area contributed by atoms with Gasteiger partial charge in [0.25, 0.3) is 0 Å². The largest absolute Gasteiger partial charge is 0.416 e. The highest BCUT2D eigenvalue weighted by Gasteiger charge is 2.37. The van der Waals surface area contributed by atoms with Gasteiger partial charge >= 0.3 is 12.4 Å². The SMILES string of the molecule is CC(C)[C@@H](CN(C)C)NC(=S)Nc1cc(C(F)(F)F)cc(C(F)(F)F)c1. The molecule has 0 radical (unpaired) electrons. The third kappa shape index (κ3) is 6.99. The molecule has 1 atom stereocenters. The van der Waals surface area contributed by atoms with Gasteiger partial charge in [0.15, 0.2) is 5.11 Å². The van der Waals surface area contributed by atoms with Gasteiger partial charge in [-0.25, -0.2) is 0 Å². The Morgan fingerprint density at radius 1 is 1.00 bits per heavy atom. The Kier molecular flexibility index (Phi) is 7.29. The molecule has 10 heteroatoms. The van der Waals surface area contributed by atoms with E-state index in [2.05, 4.69) is 10.6 Å². The number of rotatable bonds is 5. The van der Waals surface area contributed by atoms with E-state index in [1.165, 1.54) is 0 Å². The van der Waals surface area contributed by atoms with Crippen molar-refractivity contribution in [3.8, 4) is 0 Å². The van der Waals surface area contributed by atoms with Crippen LogP contribution in [-0.2, 0) is 12.4 Å². The Morgan fingerprint density at radius 2 is 1.46 bits per heavy atom. The molecule has 0 aliphatic carbocycles. The molecule has 1 aromatic rings. The lowest BCUT2D eigenvalue weighted by Gasteiger charge is -2.27. The van der Waals surface area contributed by atoms with Crippen molar-refractivity contribution in [2.24, 2.45) is 5.92 Å². The first-order chi connectivity index (χ1) is 11.7. The number of anilines is 1. The van der Waals surface area contributed by atoms with E-state index in [1.54, 1.807) is 0 Å². The average molecular weight is 401 g/mol. The number of alkyl halides is 6. The standard InChI is InChI=1S/C16H21F6N3S/c1-9(2)13(8-25(3)4)24-14(26)23-12-6-10(15(17,18)19)5-11(7-12)16(20,21)22/h5-7,9,13H,8H2,1-4H3,(H2,23,24,26)/t13-/m1/s1. The van der Waals surface area contributed by atoms with E-state index in [0.29, 0.717) is 18.7 Å². The number of nitrogens with one attached hydrogen (secondary N) is 2. The molecule has 0 unspecified atom stereocenters. The van der Waals surface area contributed by atoms with Crippen LogP contribution in [0.5, 0.6) is 0 Å². The number of hydrogen-bond acceptors (Lipinski definition) is 2. The second-order valence-corrected chi connectivity index (χ2v) is 6.91. The molecule has 1 rings (SSSR count). The second-order valence-electron chi connectivity index (χ2n) is 6.51. The van der Waals surface area contributed by atoms with Crippen LogP contribution in [0.2, 0.25) is 0 Å². The Balaban J connectivity index is 3.06. The van der Waals surface area contributed by atoms with Crippen LogP contribution >= 0.6 is 12.2 Å². The van der Waals surface area contributed by atoms with Crippen molar-refractivity contribution in [2.45, 2.75) is 32.2 Å². The van der Waals surface area contributed by atoms with Crippen LogP contribution in [0, 0.1) is 5.92 Å². The monoisotopic (exact) mass is 401 g/mol. The molecule has 0 amide bonds. The second kappa shape index (κ2) is 8.43. The molecule has 0 aromatic heterocycles. The number of hydrogen-bond donors (Lipinski definition) is 2. The summed E-state index contributed by atoms with van der Waals surface area (Å²) in [5.41, 5.74) is -3.17. The number of likely N-dealkylation sites (N-methyl/N-ethyl adjacent to an activating group) is 1. The summed E-state index contributed by atoms with van der Waals surface area (Å²) < 4.78 is 77.3. The van der Waals surface area contributed by atoms with Gasteiger partial charge in [-0.1, -0.05) is 13.8 Å². The third-order valence-electron chi connectivity index (χ3n) is 3.53. The van der Waals surface area contributed by atoms with E-state index in [-0.39, 0.29) is 28.8 Å². The topological polar surface area (TPSA) is 27.3 Å². The van der Waals surface area contributed by atoms with Crippen molar-refractivity contribution in [3.63, 3.8) is 0 Å². The smallest absolute Gasteiger partial charge is 0.358 e. The molecule has 0 aliphatic rings. The summed E-state index contributed by atoms with van der Waals surface area (Å²) in [5.74, 6) is 0.143. The van der Waals surface area contributed by atoms with Gasteiger partial charge in [-0.15, -0.1) is 0 Å². The molecule has 0 bridgehead atoms. The summed E-state index contributed by atoms with van der Waals surface area (Å²) in [7, 11) is 3.69. The Morgan fingerprint density at radius 3 is 1.81 bits per heavy atom. The van der Waals surface area contributed by atoms with Crippen LogP contribution in [0.25, 0.3) is 0 Å². The van der Waals surface area contributed by atoms with Crippen molar-refractivity contribution in [1.29, 1.82) is 0 Å². The highest BCUT2D eigenvalue weighted by Crippen LogP contribution is 2.37. The lowest BCUT2D eigenvalue weighted by molar-refractivity contribution is -0.143. The quantitative estimate of drug-likeness (QED) is 0.557. The van der Waals surface area contributed by atoms with Crippen LogP contribution in [0.3, 0.4) is 0 Å². The number of nitrogens with zero attached hydrogens (tertiary/aromatic N) is 1. The molecular formula is C16H21F6N3S. The fourth-order valence-electron chi connectivity index (χ4n) is 2.18. The average Bonchev–Trinajstić information content (AvgIpc) is 2.43. The van der Waals surface area contributed by atoms with Crippen molar-refractivity contribution in [3.05, 3.63) is 29.3 Å². The molecular weight excluding hydrogens is 380 g/mol. The van der Waals surface area contributed by atoms with Crippen LogP contribution in [0.4, 0.5) is 32.0 Å². The Bertz CT molecular complexity index is 593. The first kappa shape index (κ1) is 22.5. The van der Waals surface area contributed by atoms with Gasteiger partial charge in [-0.05, 0) is 50.4 Å². The maximum absolute atomic E-state index is 12.9. The maximum atomic E-state index is 12.9. The summed E-state index contributed by atoms with van der Waals surface area (Å²) in [6.45, 7) is 4.45. The molecule has 0 aliphatic heterocycles. The zero-order chi connectivity index (χ0) is 20.3. The normalized spacial score (nSPS) is 13.8. The molecule has 3 nitrogen and oxygen atoms in total. The predicted molar refractivity (Wildman–Crippen MR) is 93.0 cm³/mol. The lowest BCUT2D eigenvalue weighted by Crippen LogP contribution is -2.46. The van der Waals surface area contributed by atoms with E-state index in [0.717, 1.165) is 0 Å². The Labute approximate surface area is 153 Å². The van der Waals surface area contributed by atoms with Crippen LogP contribution in [0.15, 0.2) is 18.2 Å². The molecule has 0 heterocycles. The number of benzene rings is 1. The first-order valence-corrected chi connectivity index (χ1v) is 8.12. The third-order valence-corrected chi connectivity index (χ3v) is 3.75. The summed E-state index contributed by atoms with van der Waals surface area (Å²) in [5, 5.41) is 5.31. The van der Waals surface area contributed by atoms with Crippen molar-refractivity contribution >= 4 is 23.0 Å². The minimum absolute atomic E-state index is 0.0435. The summed E-state index contributed by atoms with van der Waals surface area (Å²) in [6.07, 6.45) is -9.81. The summed E-state index contributed by atoms with van der Waals surface area (Å²) in [4.78, 5) is 1.90. The minimum Gasteiger partial charge on any atom is -0.358 e. The van der Waals surface area contributed by atoms with Crippen molar-refractivity contribution < 1.29 is 26.3 Å². The van der Waals surface area contributed by atoms with Gasteiger partial charge in [0, 0.05) is 18.3 Å². The van der Waals surface area contributed by atoms with Crippen LogP contribution in [0.1, 0.15) is 25.0 Å². The summed E-state index contributed by atoms with van der Waals surface area (Å²) >= 11 is 5.05. The summed E-state index contributed by atoms with van der Waals surface area (Å²) in [6, 6.07) is 1.14. The van der Waals surface area contributed by atoms with Crippen molar-refractivity contribution in [2.75, 3.05) is 26.0 Å². The molecule has 2 N–H and O–H groups in total. The van der Waals surface area contributed by atoms with Gasteiger partial charge in [-0.3, -0.25) is 0 Å². The van der Waals surface area contributed by atoms with Crippen LogP contribution < -0.4 is 10.6 Å². The fourth-order valence-corrected chi connectivity index (χ4v) is 2.45. The maximum Gasteiger partial charge on any atom is 0.416 e. The molecule has 0 saturated carbocycles. The van der Waals surface area contributed by atoms with Gasteiger partial charge in [-0.2, -0.15) is 26.3 Å². The van der Waals surface area contributed by atoms with Gasteiger partial charge in [0.1, 0.15) is 0 Å². The fraction of sp³-hybridized carbons (Fsp3) is 0.562. The minimum atomic E-state index is -4.90. The number of halogens is 6. The highest BCUT2D eigenvalue weighted by atomic mass is 32.1. The van der Waals surface area contributed by atoms with Crippen LogP contribution in [-0.4, -0.2) is 36.7 Å². The van der Waals surface area contributed by atoms with Crippen molar-refractivity contribution in [1.82, 2.24) is 10.2 Å². The molecule has 0 saturated heterocycles. The predicted octanol–water partition coefficient (Wildman–Crippen LogP) is 4.60. The molecule has 0 spiro atoms. The van der Waals surface area contributed by atoms with Gasteiger partial charge < -0.3 is 15.5 Å². The molecule has 148 valence electrons. The van der Waals surface area contributed by atoms with E-state index in [9.17, 15) is 26.3 Å².